The maximum atomic E-state index is 12.3. The number of hydrogen-bond acceptors (Lipinski definition) is 4. The molecular weight excluding hydrogens is 515 g/mol. The molecule has 174 valence electrons. The molecule has 0 aliphatic carbocycles. The first-order valence-corrected chi connectivity index (χ1v) is 12.1. The van der Waals surface area contributed by atoms with Crippen molar-refractivity contribution in [3.63, 3.8) is 0 Å². The van der Waals surface area contributed by atoms with E-state index in [0.29, 0.717) is 31.6 Å². The van der Waals surface area contributed by atoms with Crippen LogP contribution in [0.15, 0.2) is 29.3 Å². The minimum Gasteiger partial charge on any atom is -0.380 e. The molecule has 0 aliphatic rings. The van der Waals surface area contributed by atoms with Crippen molar-refractivity contribution in [2.45, 2.75) is 59.4 Å². The Morgan fingerprint density at radius 1 is 1.07 bits per heavy atom. The van der Waals surface area contributed by atoms with Gasteiger partial charge in [-0.1, -0.05) is 38.1 Å². The van der Waals surface area contributed by atoms with Gasteiger partial charge in [0.2, 0.25) is 10.0 Å². The second-order valence-corrected chi connectivity index (χ2v) is 9.47. The number of aliphatic imine (C=N–C) groups is 1. The summed E-state index contributed by atoms with van der Waals surface area (Å²) in [7, 11) is -3.38. The Hall–Kier alpha value is -0.910. The Kier molecular flexibility index (Phi) is 15.3. The SMILES string of the molecule is CCNC(=NCc1ccccc1CS(=O)(=O)NC(C)C)NCCOCCC(C)C.I. The zero-order valence-corrected chi connectivity index (χ0v) is 22.0. The van der Waals surface area contributed by atoms with E-state index >= 15 is 0 Å². The molecule has 0 aromatic heterocycles. The quantitative estimate of drug-likeness (QED) is 0.151. The lowest BCUT2D eigenvalue weighted by Gasteiger charge is -2.14. The Morgan fingerprint density at radius 2 is 1.73 bits per heavy atom. The van der Waals surface area contributed by atoms with Crippen LogP contribution in [-0.2, 0) is 27.1 Å². The van der Waals surface area contributed by atoms with Crippen LogP contribution in [0.5, 0.6) is 0 Å². The maximum Gasteiger partial charge on any atom is 0.216 e. The molecule has 1 aromatic rings. The highest BCUT2D eigenvalue weighted by Crippen LogP contribution is 2.13. The Labute approximate surface area is 199 Å². The minimum absolute atomic E-state index is 0. The van der Waals surface area contributed by atoms with Gasteiger partial charge in [-0.15, -0.1) is 24.0 Å². The van der Waals surface area contributed by atoms with Crippen molar-refractivity contribution < 1.29 is 13.2 Å². The number of rotatable bonds is 13. The fraction of sp³-hybridized carbons (Fsp3) is 0.667. The van der Waals surface area contributed by atoms with Crippen LogP contribution in [0.1, 0.15) is 52.2 Å². The molecule has 3 N–H and O–H groups in total. The smallest absolute Gasteiger partial charge is 0.216 e. The Morgan fingerprint density at radius 3 is 2.33 bits per heavy atom. The number of guanidine groups is 1. The third-order valence-corrected chi connectivity index (χ3v) is 5.53. The van der Waals surface area contributed by atoms with Crippen molar-refractivity contribution in [3.8, 4) is 0 Å². The molecule has 0 unspecified atom stereocenters. The number of ether oxygens (including phenoxy) is 1. The maximum absolute atomic E-state index is 12.3. The molecule has 9 heteroatoms. The third kappa shape index (κ3) is 13.4. The van der Waals surface area contributed by atoms with E-state index in [2.05, 4.69) is 34.2 Å². The summed E-state index contributed by atoms with van der Waals surface area (Å²) in [4.78, 5) is 4.60. The van der Waals surface area contributed by atoms with E-state index in [1.165, 1.54) is 0 Å². The fourth-order valence-electron chi connectivity index (χ4n) is 2.63. The predicted octanol–water partition coefficient (Wildman–Crippen LogP) is 3.25. The molecule has 1 rings (SSSR count). The van der Waals surface area contributed by atoms with Gasteiger partial charge in [0, 0.05) is 25.7 Å². The molecule has 0 saturated carbocycles. The first kappa shape index (κ1) is 29.1. The number of benzene rings is 1. The molecule has 0 fully saturated rings. The Balaban J connectivity index is 0.00000841. The number of hydrogen-bond donors (Lipinski definition) is 3. The molecule has 1 aromatic carbocycles. The highest BCUT2D eigenvalue weighted by atomic mass is 127. The summed E-state index contributed by atoms with van der Waals surface area (Å²) in [5, 5.41) is 6.46. The zero-order valence-electron chi connectivity index (χ0n) is 18.9. The van der Waals surface area contributed by atoms with Crippen molar-refractivity contribution in [3.05, 3.63) is 35.4 Å². The summed E-state index contributed by atoms with van der Waals surface area (Å²) < 4.78 is 32.8. The van der Waals surface area contributed by atoms with Crippen molar-refractivity contribution in [1.29, 1.82) is 0 Å². The standard InChI is InChI=1S/C21H38N4O3S.HI/c1-6-22-21(23-12-14-28-13-11-17(2)3)24-15-19-9-7-8-10-20(19)16-29(26,27)25-18(4)5;/h7-10,17-18,25H,6,11-16H2,1-5H3,(H2,22,23,24);1H. The van der Waals surface area contributed by atoms with E-state index < -0.39 is 10.0 Å². The fourth-order valence-corrected chi connectivity index (χ4v) is 4.12. The number of nitrogens with zero attached hydrogens (tertiary/aromatic N) is 1. The van der Waals surface area contributed by atoms with E-state index in [1.54, 1.807) is 0 Å². The summed E-state index contributed by atoms with van der Waals surface area (Å²) in [6, 6.07) is 7.39. The van der Waals surface area contributed by atoms with Gasteiger partial charge in [-0.3, -0.25) is 0 Å². The van der Waals surface area contributed by atoms with Gasteiger partial charge in [-0.2, -0.15) is 0 Å². The summed E-state index contributed by atoms with van der Waals surface area (Å²) >= 11 is 0. The Bertz CT molecular complexity index is 725. The normalized spacial score (nSPS) is 12.2. The topological polar surface area (TPSA) is 91.8 Å². The summed E-state index contributed by atoms with van der Waals surface area (Å²) in [5.74, 6) is 1.28. The van der Waals surface area contributed by atoms with Gasteiger partial charge < -0.3 is 15.4 Å². The van der Waals surface area contributed by atoms with Crippen molar-refractivity contribution in [1.82, 2.24) is 15.4 Å². The van der Waals surface area contributed by atoms with E-state index in [0.717, 1.165) is 30.7 Å². The van der Waals surface area contributed by atoms with E-state index in [-0.39, 0.29) is 35.8 Å². The molecule has 0 amide bonds. The average Bonchev–Trinajstić information content (AvgIpc) is 2.61. The molecule has 0 spiro atoms. The highest BCUT2D eigenvalue weighted by Gasteiger charge is 2.15. The van der Waals surface area contributed by atoms with Crippen LogP contribution < -0.4 is 15.4 Å². The van der Waals surface area contributed by atoms with Crippen molar-refractivity contribution in [2.75, 3.05) is 26.3 Å². The van der Waals surface area contributed by atoms with Crippen LogP contribution in [0.2, 0.25) is 0 Å². The molecule has 0 aliphatic heterocycles. The van der Waals surface area contributed by atoms with Crippen LogP contribution in [0.3, 0.4) is 0 Å². The predicted molar refractivity (Wildman–Crippen MR) is 136 cm³/mol. The molecule has 0 heterocycles. The van der Waals surface area contributed by atoms with Gasteiger partial charge in [0.1, 0.15) is 0 Å². The van der Waals surface area contributed by atoms with Crippen LogP contribution in [-0.4, -0.2) is 46.7 Å². The molecule has 0 radical (unpaired) electrons. The molecule has 7 nitrogen and oxygen atoms in total. The van der Waals surface area contributed by atoms with Crippen LogP contribution >= 0.6 is 24.0 Å². The van der Waals surface area contributed by atoms with Crippen LogP contribution in [0, 0.1) is 5.92 Å². The first-order chi connectivity index (χ1) is 13.7. The van der Waals surface area contributed by atoms with Gasteiger partial charge in [0.05, 0.1) is 18.9 Å². The molecule has 0 atom stereocenters. The van der Waals surface area contributed by atoms with Gasteiger partial charge in [0.15, 0.2) is 5.96 Å². The van der Waals surface area contributed by atoms with Crippen LogP contribution in [0.4, 0.5) is 0 Å². The van der Waals surface area contributed by atoms with Crippen LogP contribution in [0.25, 0.3) is 0 Å². The lowest BCUT2D eigenvalue weighted by atomic mass is 10.1. The lowest BCUT2D eigenvalue weighted by molar-refractivity contribution is 0.128. The second kappa shape index (κ2) is 15.8. The largest absolute Gasteiger partial charge is 0.380 e. The third-order valence-electron chi connectivity index (χ3n) is 4.01. The highest BCUT2D eigenvalue weighted by molar-refractivity contribution is 14.0. The van der Waals surface area contributed by atoms with Gasteiger partial charge in [-0.25, -0.2) is 18.1 Å². The minimum atomic E-state index is -3.38. The first-order valence-electron chi connectivity index (χ1n) is 10.4. The summed E-state index contributed by atoms with van der Waals surface area (Å²) in [6.07, 6.45) is 1.06. The van der Waals surface area contributed by atoms with E-state index in [9.17, 15) is 8.42 Å². The monoisotopic (exact) mass is 554 g/mol. The zero-order chi connectivity index (χ0) is 21.7. The number of halogens is 1. The van der Waals surface area contributed by atoms with Crippen molar-refractivity contribution >= 4 is 40.0 Å². The molecule has 0 bridgehead atoms. The molecular formula is C21H39IN4O3S. The number of sulfonamides is 1. The van der Waals surface area contributed by atoms with Gasteiger partial charge >= 0.3 is 0 Å². The van der Waals surface area contributed by atoms with E-state index in [1.807, 2.05) is 45.0 Å². The van der Waals surface area contributed by atoms with Crippen molar-refractivity contribution in [2.24, 2.45) is 10.9 Å². The summed E-state index contributed by atoms with van der Waals surface area (Å²) in [6.45, 7) is 13.2. The van der Waals surface area contributed by atoms with Gasteiger partial charge in [-0.05, 0) is 44.2 Å². The lowest BCUT2D eigenvalue weighted by Crippen LogP contribution is -2.39. The second-order valence-electron chi connectivity index (χ2n) is 7.72. The summed E-state index contributed by atoms with van der Waals surface area (Å²) in [5.41, 5.74) is 1.66. The average molecular weight is 555 g/mol. The van der Waals surface area contributed by atoms with Gasteiger partial charge in [0.25, 0.3) is 0 Å². The molecule has 0 saturated heterocycles. The molecule has 30 heavy (non-hydrogen) atoms. The van der Waals surface area contributed by atoms with E-state index in [4.69, 9.17) is 4.74 Å². The number of nitrogens with one attached hydrogen (secondary N) is 3.